The molecule has 134 valence electrons. The zero-order valence-corrected chi connectivity index (χ0v) is 15.8. The van der Waals surface area contributed by atoms with E-state index in [0.717, 1.165) is 6.04 Å². The molecule has 0 amide bonds. The Hall–Kier alpha value is -0.0800. The van der Waals surface area contributed by atoms with Crippen LogP contribution in [-0.2, 0) is 0 Å². The fourth-order valence-electron chi connectivity index (χ4n) is 4.61. The van der Waals surface area contributed by atoms with Crippen LogP contribution in [-0.4, -0.2) is 35.6 Å². The van der Waals surface area contributed by atoms with Gasteiger partial charge in [-0.3, -0.25) is 0 Å². The molecule has 1 rings (SSSR count). The Morgan fingerprint density at radius 1 is 0.636 bits per heavy atom. The van der Waals surface area contributed by atoms with Crippen molar-refractivity contribution >= 4 is 0 Å². The Morgan fingerprint density at radius 2 is 1.18 bits per heavy atom. The molecule has 0 radical (unpaired) electrons. The molecule has 0 aromatic rings. The van der Waals surface area contributed by atoms with Crippen molar-refractivity contribution < 1.29 is 9.96 Å². The maximum absolute atomic E-state index is 2.40. The third-order valence-corrected chi connectivity index (χ3v) is 5.64. The standard InChI is InChI=1S/C20H42N.H2O/c1-4-7-8-9-10-14-19-21(17-5-2,18-6-3)20-15-12-11-13-16-20;/h20H,4-19H2,1-3H3;1H2/q+1;/p-1. The van der Waals surface area contributed by atoms with Gasteiger partial charge in [0.15, 0.2) is 0 Å². The highest BCUT2D eigenvalue weighted by molar-refractivity contribution is 4.68. The number of unbranched alkanes of at least 4 members (excludes halogenated alkanes) is 5. The molecule has 1 N–H and O–H groups in total. The predicted octanol–water partition coefficient (Wildman–Crippen LogP) is 6.14. The van der Waals surface area contributed by atoms with Gasteiger partial charge in [0.25, 0.3) is 0 Å². The molecule has 0 spiro atoms. The van der Waals surface area contributed by atoms with Crippen molar-refractivity contribution in [2.45, 2.75) is 110 Å². The predicted molar refractivity (Wildman–Crippen MR) is 97.6 cm³/mol. The van der Waals surface area contributed by atoms with Gasteiger partial charge in [0, 0.05) is 0 Å². The van der Waals surface area contributed by atoms with Crippen LogP contribution in [0, 0.1) is 0 Å². The number of hydrogen-bond acceptors (Lipinski definition) is 1. The van der Waals surface area contributed by atoms with Crippen LogP contribution in [0.5, 0.6) is 0 Å². The summed E-state index contributed by atoms with van der Waals surface area (Å²) >= 11 is 0. The lowest BCUT2D eigenvalue weighted by atomic mass is 9.91. The van der Waals surface area contributed by atoms with Crippen molar-refractivity contribution in [3.63, 3.8) is 0 Å². The Balaban J connectivity index is 0.00000441. The highest BCUT2D eigenvalue weighted by atomic mass is 16.0. The van der Waals surface area contributed by atoms with Crippen LogP contribution >= 0.6 is 0 Å². The lowest BCUT2D eigenvalue weighted by Crippen LogP contribution is -2.57. The topological polar surface area (TPSA) is 30.0 Å². The maximum Gasteiger partial charge on any atom is 0.0890 e. The van der Waals surface area contributed by atoms with Gasteiger partial charge in [-0.2, -0.15) is 0 Å². The lowest BCUT2D eigenvalue weighted by Gasteiger charge is -2.47. The van der Waals surface area contributed by atoms with Gasteiger partial charge in [0.1, 0.15) is 0 Å². The van der Waals surface area contributed by atoms with E-state index in [9.17, 15) is 0 Å². The Labute approximate surface area is 140 Å². The Kier molecular flexibility index (Phi) is 13.3. The summed E-state index contributed by atoms with van der Waals surface area (Å²) in [5, 5.41) is 0. The molecular weight excluding hydrogens is 270 g/mol. The SMILES string of the molecule is CCCCCCCC[N+](CCC)(CCC)C1CCCCC1.[OH-]. The second kappa shape index (κ2) is 13.4. The second-order valence-electron chi connectivity index (χ2n) is 7.45. The molecule has 0 saturated heterocycles. The molecule has 0 atom stereocenters. The molecule has 2 nitrogen and oxygen atoms in total. The Bertz CT molecular complexity index is 230. The minimum absolute atomic E-state index is 0. The summed E-state index contributed by atoms with van der Waals surface area (Å²) in [7, 11) is 0. The average molecular weight is 314 g/mol. The van der Waals surface area contributed by atoms with Gasteiger partial charge < -0.3 is 9.96 Å². The number of quaternary nitrogens is 1. The quantitative estimate of drug-likeness (QED) is 0.314. The minimum atomic E-state index is 0. The zero-order valence-electron chi connectivity index (χ0n) is 15.8. The molecule has 0 aromatic carbocycles. The molecule has 0 aliphatic heterocycles. The second-order valence-corrected chi connectivity index (χ2v) is 7.45. The van der Waals surface area contributed by atoms with E-state index in [1.165, 1.54) is 108 Å². The fraction of sp³-hybridized carbons (Fsp3) is 1.00. The molecule has 0 unspecified atom stereocenters. The van der Waals surface area contributed by atoms with E-state index in [4.69, 9.17) is 0 Å². The normalized spacial score (nSPS) is 16.5. The third-order valence-electron chi connectivity index (χ3n) is 5.64. The maximum atomic E-state index is 2.40. The van der Waals surface area contributed by atoms with Crippen molar-refractivity contribution in [2.24, 2.45) is 0 Å². The summed E-state index contributed by atoms with van der Waals surface area (Å²) in [4.78, 5) is 0. The highest BCUT2D eigenvalue weighted by Crippen LogP contribution is 2.30. The van der Waals surface area contributed by atoms with Crippen LogP contribution in [0.4, 0.5) is 0 Å². The van der Waals surface area contributed by atoms with Crippen LogP contribution in [0.15, 0.2) is 0 Å². The van der Waals surface area contributed by atoms with Crippen LogP contribution in [0.3, 0.4) is 0 Å². The van der Waals surface area contributed by atoms with Gasteiger partial charge in [-0.25, -0.2) is 0 Å². The van der Waals surface area contributed by atoms with Gasteiger partial charge in [-0.1, -0.05) is 52.9 Å². The first-order valence-corrected chi connectivity index (χ1v) is 10.1. The summed E-state index contributed by atoms with van der Waals surface area (Å²) < 4.78 is 1.47. The zero-order chi connectivity index (χ0) is 15.4. The average Bonchev–Trinajstić information content (AvgIpc) is 2.52. The number of nitrogens with zero attached hydrogens (tertiary/aromatic N) is 1. The van der Waals surface area contributed by atoms with Crippen LogP contribution in [0.25, 0.3) is 0 Å². The van der Waals surface area contributed by atoms with Gasteiger partial charge in [-0.15, -0.1) is 0 Å². The summed E-state index contributed by atoms with van der Waals surface area (Å²) in [5.74, 6) is 0. The van der Waals surface area contributed by atoms with E-state index in [0.29, 0.717) is 0 Å². The van der Waals surface area contributed by atoms with E-state index >= 15 is 0 Å². The summed E-state index contributed by atoms with van der Waals surface area (Å²) in [6.45, 7) is 11.5. The van der Waals surface area contributed by atoms with Crippen LogP contribution < -0.4 is 0 Å². The molecule has 1 aliphatic rings. The minimum Gasteiger partial charge on any atom is -0.870 e. The fourth-order valence-corrected chi connectivity index (χ4v) is 4.61. The van der Waals surface area contributed by atoms with Gasteiger partial charge in [0.05, 0.1) is 25.7 Å². The van der Waals surface area contributed by atoms with Crippen molar-refractivity contribution in [3.05, 3.63) is 0 Å². The number of rotatable bonds is 12. The van der Waals surface area contributed by atoms with Crippen molar-refractivity contribution in [1.82, 2.24) is 0 Å². The summed E-state index contributed by atoms with van der Waals surface area (Å²) in [6.07, 6.45) is 18.9. The largest absolute Gasteiger partial charge is 0.870 e. The van der Waals surface area contributed by atoms with E-state index in [1.807, 2.05) is 0 Å². The lowest BCUT2D eigenvalue weighted by molar-refractivity contribution is -0.952. The first-order chi connectivity index (χ1) is 10.3. The van der Waals surface area contributed by atoms with Gasteiger partial charge >= 0.3 is 0 Å². The van der Waals surface area contributed by atoms with Crippen molar-refractivity contribution in [3.8, 4) is 0 Å². The Morgan fingerprint density at radius 3 is 1.73 bits per heavy atom. The van der Waals surface area contributed by atoms with E-state index in [1.54, 1.807) is 0 Å². The molecule has 1 fully saturated rings. The third kappa shape index (κ3) is 7.46. The molecule has 2 heteroatoms. The van der Waals surface area contributed by atoms with Crippen molar-refractivity contribution in [2.75, 3.05) is 19.6 Å². The first kappa shape index (κ1) is 21.9. The number of hydrogen-bond donors (Lipinski definition) is 0. The molecular formula is C20H43NO. The molecule has 0 aromatic heterocycles. The first-order valence-electron chi connectivity index (χ1n) is 10.1. The highest BCUT2D eigenvalue weighted by Gasteiger charge is 2.35. The molecule has 1 saturated carbocycles. The summed E-state index contributed by atoms with van der Waals surface area (Å²) in [5.41, 5.74) is 0. The summed E-state index contributed by atoms with van der Waals surface area (Å²) in [6, 6.07) is 0.995. The van der Waals surface area contributed by atoms with E-state index in [2.05, 4.69) is 20.8 Å². The van der Waals surface area contributed by atoms with Gasteiger partial charge in [0.2, 0.25) is 0 Å². The van der Waals surface area contributed by atoms with Crippen LogP contribution in [0.2, 0.25) is 0 Å². The smallest absolute Gasteiger partial charge is 0.0890 e. The molecule has 0 bridgehead atoms. The van der Waals surface area contributed by atoms with Crippen LogP contribution in [0.1, 0.15) is 104 Å². The monoisotopic (exact) mass is 313 g/mol. The molecule has 0 heterocycles. The molecule has 22 heavy (non-hydrogen) atoms. The van der Waals surface area contributed by atoms with E-state index < -0.39 is 0 Å². The van der Waals surface area contributed by atoms with Crippen molar-refractivity contribution in [1.29, 1.82) is 0 Å². The molecule has 1 aliphatic carbocycles. The van der Waals surface area contributed by atoms with E-state index in [-0.39, 0.29) is 5.48 Å². The van der Waals surface area contributed by atoms with Gasteiger partial charge in [-0.05, 0) is 51.4 Å².